The number of fused-ring (bicyclic) bond motifs is 1. The first-order valence-corrected chi connectivity index (χ1v) is 9.50. The third-order valence-corrected chi connectivity index (χ3v) is 5.14. The van der Waals surface area contributed by atoms with E-state index in [1.165, 1.54) is 16.7 Å². The Morgan fingerprint density at radius 1 is 1.23 bits per heavy atom. The monoisotopic (exact) mass is 432 g/mol. The molecule has 1 aromatic carbocycles. The Kier molecular flexibility index (Phi) is 5.84. The maximum atomic E-state index is 12.9. The van der Waals surface area contributed by atoms with Crippen molar-refractivity contribution in [1.82, 2.24) is 20.3 Å². The quantitative estimate of drug-likeness (QED) is 0.618. The molecule has 26 heavy (non-hydrogen) atoms. The van der Waals surface area contributed by atoms with Crippen molar-refractivity contribution in [3.8, 4) is 0 Å². The molecule has 0 fully saturated rings. The first-order chi connectivity index (χ1) is 12.5. The SMILES string of the molecule is Cc1ccc(C[C@H](CCl)NC(=O)c2c(Br)cnc3nccnc23)c(C)c1. The molecule has 1 atom stereocenters. The molecule has 0 aliphatic rings. The summed E-state index contributed by atoms with van der Waals surface area (Å²) in [5.74, 6) is 0.0611. The van der Waals surface area contributed by atoms with Crippen LogP contribution in [0.2, 0.25) is 0 Å². The molecule has 7 heteroatoms. The molecule has 3 rings (SSSR count). The van der Waals surface area contributed by atoms with Crippen molar-refractivity contribution in [1.29, 1.82) is 0 Å². The third kappa shape index (κ3) is 4.02. The lowest BCUT2D eigenvalue weighted by atomic mass is 9.99. The van der Waals surface area contributed by atoms with Crippen molar-refractivity contribution >= 4 is 44.6 Å². The van der Waals surface area contributed by atoms with Crippen LogP contribution < -0.4 is 5.32 Å². The molecule has 0 bridgehead atoms. The Hall–Kier alpha value is -2.05. The van der Waals surface area contributed by atoms with Crippen molar-refractivity contribution in [2.45, 2.75) is 26.3 Å². The maximum Gasteiger partial charge on any atom is 0.255 e. The van der Waals surface area contributed by atoms with E-state index in [1.54, 1.807) is 18.6 Å². The first-order valence-electron chi connectivity index (χ1n) is 8.17. The van der Waals surface area contributed by atoms with E-state index in [4.69, 9.17) is 11.6 Å². The number of carbonyl (C=O) groups excluding carboxylic acids is 1. The number of aromatic nitrogens is 3. The van der Waals surface area contributed by atoms with Gasteiger partial charge >= 0.3 is 0 Å². The second-order valence-electron chi connectivity index (χ2n) is 6.17. The number of amides is 1. The van der Waals surface area contributed by atoms with Crippen molar-refractivity contribution in [3.05, 3.63) is 63.5 Å². The number of pyridine rings is 1. The minimum absolute atomic E-state index is 0.197. The normalized spacial score (nSPS) is 12.2. The van der Waals surface area contributed by atoms with Gasteiger partial charge in [-0.05, 0) is 47.3 Å². The summed E-state index contributed by atoms with van der Waals surface area (Å²) in [7, 11) is 0. The van der Waals surface area contributed by atoms with Gasteiger partial charge in [-0.25, -0.2) is 9.97 Å². The maximum absolute atomic E-state index is 12.9. The number of rotatable bonds is 5. The van der Waals surface area contributed by atoms with Crippen LogP contribution in [0.15, 0.2) is 41.3 Å². The van der Waals surface area contributed by atoms with Crippen LogP contribution in [0.4, 0.5) is 0 Å². The van der Waals surface area contributed by atoms with Gasteiger partial charge in [0.05, 0.1) is 10.0 Å². The molecule has 2 aromatic heterocycles. The van der Waals surface area contributed by atoms with Crippen LogP contribution in [-0.2, 0) is 6.42 Å². The summed E-state index contributed by atoms with van der Waals surface area (Å²) in [6.45, 7) is 4.13. The highest BCUT2D eigenvalue weighted by molar-refractivity contribution is 9.10. The Labute approximate surface area is 165 Å². The van der Waals surface area contributed by atoms with E-state index in [0.717, 1.165) is 0 Å². The molecule has 0 radical (unpaired) electrons. The van der Waals surface area contributed by atoms with Crippen LogP contribution in [-0.4, -0.2) is 32.8 Å². The van der Waals surface area contributed by atoms with Gasteiger partial charge in [0.15, 0.2) is 5.65 Å². The van der Waals surface area contributed by atoms with E-state index >= 15 is 0 Å². The van der Waals surface area contributed by atoms with Crippen molar-refractivity contribution in [3.63, 3.8) is 0 Å². The summed E-state index contributed by atoms with van der Waals surface area (Å²) in [5, 5.41) is 3.01. The van der Waals surface area contributed by atoms with Crippen molar-refractivity contribution < 1.29 is 4.79 Å². The third-order valence-electron chi connectivity index (χ3n) is 4.17. The Morgan fingerprint density at radius 3 is 2.73 bits per heavy atom. The minimum Gasteiger partial charge on any atom is -0.348 e. The van der Waals surface area contributed by atoms with Gasteiger partial charge in [0.1, 0.15) is 5.52 Å². The molecule has 3 aromatic rings. The van der Waals surface area contributed by atoms with Gasteiger partial charge in [-0.3, -0.25) is 9.78 Å². The van der Waals surface area contributed by atoms with E-state index in [0.29, 0.717) is 33.5 Å². The highest BCUT2D eigenvalue weighted by Gasteiger charge is 2.20. The topological polar surface area (TPSA) is 67.8 Å². The highest BCUT2D eigenvalue weighted by Crippen LogP contribution is 2.22. The fourth-order valence-corrected chi connectivity index (χ4v) is 3.51. The summed E-state index contributed by atoms with van der Waals surface area (Å²) in [6, 6.07) is 6.08. The highest BCUT2D eigenvalue weighted by atomic mass is 79.9. The van der Waals surface area contributed by atoms with Crippen LogP contribution in [0.3, 0.4) is 0 Å². The van der Waals surface area contributed by atoms with Crippen molar-refractivity contribution in [2.75, 3.05) is 5.88 Å². The molecule has 2 heterocycles. The predicted octanol–water partition coefficient (Wildman–Crippen LogP) is 3.98. The molecule has 1 N–H and O–H groups in total. The number of hydrogen-bond donors (Lipinski definition) is 1. The molecule has 0 saturated heterocycles. The predicted molar refractivity (Wildman–Crippen MR) is 107 cm³/mol. The van der Waals surface area contributed by atoms with E-state index < -0.39 is 0 Å². The lowest BCUT2D eigenvalue weighted by Crippen LogP contribution is -2.38. The molecular formula is C19H18BrClN4O. The second kappa shape index (κ2) is 8.10. The molecule has 0 aliphatic heterocycles. The number of carbonyl (C=O) groups is 1. The van der Waals surface area contributed by atoms with Gasteiger partial charge in [0.25, 0.3) is 5.91 Å². The largest absolute Gasteiger partial charge is 0.348 e. The smallest absolute Gasteiger partial charge is 0.255 e. The molecule has 1 amide bonds. The van der Waals surface area contributed by atoms with Gasteiger partial charge in [0.2, 0.25) is 0 Å². The van der Waals surface area contributed by atoms with E-state index in [1.807, 2.05) is 0 Å². The van der Waals surface area contributed by atoms with Gasteiger partial charge in [-0.15, -0.1) is 11.6 Å². The number of nitrogens with one attached hydrogen (secondary N) is 1. The van der Waals surface area contributed by atoms with Crippen LogP contribution in [0.5, 0.6) is 0 Å². The number of halogens is 2. The zero-order chi connectivity index (χ0) is 18.7. The van der Waals surface area contributed by atoms with Gasteiger partial charge in [-0.1, -0.05) is 23.8 Å². The molecule has 0 unspecified atom stereocenters. The average Bonchev–Trinajstić information content (AvgIpc) is 2.62. The van der Waals surface area contributed by atoms with Crippen LogP contribution in [0.25, 0.3) is 11.2 Å². The van der Waals surface area contributed by atoms with E-state index in [2.05, 4.69) is 68.2 Å². The van der Waals surface area contributed by atoms with Gasteiger partial charge in [-0.2, -0.15) is 0 Å². The van der Waals surface area contributed by atoms with Crippen molar-refractivity contribution in [2.24, 2.45) is 0 Å². The van der Waals surface area contributed by atoms with Crippen LogP contribution in [0, 0.1) is 13.8 Å². The summed E-state index contributed by atoms with van der Waals surface area (Å²) in [5.41, 5.74) is 4.87. The molecule has 0 spiro atoms. The molecule has 0 aliphatic carbocycles. The number of aryl methyl sites for hydroxylation is 2. The average molecular weight is 434 g/mol. The number of benzene rings is 1. The fourth-order valence-electron chi connectivity index (χ4n) is 2.85. The number of nitrogens with zero attached hydrogens (tertiary/aromatic N) is 3. The Balaban J connectivity index is 1.85. The zero-order valence-electron chi connectivity index (χ0n) is 14.5. The second-order valence-corrected chi connectivity index (χ2v) is 7.33. The zero-order valence-corrected chi connectivity index (χ0v) is 16.8. The summed E-state index contributed by atoms with van der Waals surface area (Å²) >= 11 is 9.52. The summed E-state index contributed by atoms with van der Waals surface area (Å²) < 4.78 is 0.572. The Morgan fingerprint density at radius 2 is 2.00 bits per heavy atom. The molecule has 134 valence electrons. The number of alkyl halides is 1. The standard InChI is InChI=1S/C19H18BrClN4O/c1-11-3-4-13(12(2)7-11)8-14(9-21)25-19(26)16-15(20)10-24-18-17(16)22-5-6-23-18/h3-7,10,14H,8-9H2,1-2H3,(H,25,26)/t14-/m1/s1. The fraction of sp³-hybridized carbons (Fsp3) is 0.263. The number of hydrogen-bond acceptors (Lipinski definition) is 4. The van der Waals surface area contributed by atoms with E-state index in [9.17, 15) is 4.79 Å². The molecule has 5 nitrogen and oxygen atoms in total. The lowest BCUT2D eigenvalue weighted by Gasteiger charge is -2.18. The molecular weight excluding hydrogens is 416 g/mol. The van der Waals surface area contributed by atoms with Gasteiger partial charge in [0, 0.05) is 30.5 Å². The van der Waals surface area contributed by atoms with Gasteiger partial charge < -0.3 is 5.32 Å². The van der Waals surface area contributed by atoms with Crippen LogP contribution in [0.1, 0.15) is 27.0 Å². The Bertz CT molecular complexity index is 963. The summed E-state index contributed by atoms with van der Waals surface area (Å²) in [4.78, 5) is 25.5. The first kappa shape index (κ1) is 18.7. The lowest BCUT2D eigenvalue weighted by molar-refractivity contribution is 0.0941. The molecule has 0 saturated carbocycles. The summed E-state index contributed by atoms with van der Waals surface area (Å²) in [6.07, 6.45) is 5.31. The van der Waals surface area contributed by atoms with E-state index in [-0.39, 0.29) is 11.9 Å². The van der Waals surface area contributed by atoms with Crippen LogP contribution >= 0.6 is 27.5 Å². The minimum atomic E-state index is -0.250.